The molecule has 0 amide bonds. The average molecular weight is 386 g/mol. The molecule has 3 rings (SSSR count). The minimum Gasteiger partial charge on any atom is -0.481 e. The van der Waals surface area contributed by atoms with E-state index < -0.39 is 16.9 Å². The molecule has 0 atom stereocenters. The molecular formula is C20H22N2O4S. The summed E-state index contributed by atoms with van der Waals surface area (Å²) in [7, 11) is 1.35. The quantitative estimate of drug-likeness (QED) is 0.647. The lowest BCUT2D eigenvalue weighted by Crippen LogP contribution is -2.40. The van der Waals surface area contributed by atoms with Gasteiger partial charge in [-0.15, -0.1) is 11.8 Å². The summed E-state index contributed by atoms with van der Waals surface area (Å²) in [6.07, 6.45) is -0.0961. The highest BCUT2D eigenvalue weighted by Crippen LogP contribution is 2.44. The smallest absolute Gasteiger partial charge is 0.337 e. The van der Waals surface area contributed by atoms with Crippen LogP contribution in [0.2, 0.25) is 0 Å². The van der Waals surface area contributed by atoms with Crippen LogP contribution in [0.4, 0.5) is 11.4 Å². The molecule has 1 aliphatic heterocycles. The summed E-state index contributed by atoms with van der Waals surface area (Å²) >= 11 is 1.45. The van der Waals surface area contributed by atoms with Crippen LogP contribution in [-0.4, -0.2) is 29.1 Å². The standard InChI is InChI=1S/C20H22N2O4S/c1-12-7-16-17(8-13(12)2)22-20(21-16,10-18(23)24)27-11-14-5-4-6-15(9-14)19(25)26-3/h4-9,21-22H,10-11H2,1-3H3,(H,23,24). The molecule has 0 spiro atoms. The van der Waals surface area contributed by atoms with Crippen molar-refractivity contribution in [3.8, 4) is 0 Å². The minimum atomic E-state index is -0.896. The monoisotopic (exact) mass is 386 g/mol. The maximum absolute atomic E-state index is 11.7. The van der Waals surface area contributed by atoms with Crippen molar-refractivity contribution in [1.82, 2.24) is 0 Å². The van der Waals surface area contributed by atoms with Gasteiger partial charge in [0.25, 0.3) is 0 Å². The number of carbonyl (C=O) groups is 2. The number of hydrogen-bond acceptors (Lipinski definition) is 6. The second-order valence-electron chi connectivity index (χ2n) is 6.61. The molecule has 0 aliphatic carbocycles. The van der Waals surface area contributed by atoms with Gasteiger partial charge in [-0.3, -0.25) is 4.79 Å². The van der Waals surface area contributed by atoms with Crippen molar-refractivity contribution >= 4 is 35.1 Å². The molecule has 0 unspecified atom stereocenters. The van der Waals surface area contributed by atoms with Crippen molar-refractivity contribution in [2.24, 2.45) is 0 Å². The van der Waals surface area contributed by atoms with Gasteiger partial charge in [0.2, 0.25) is 0 Å². The third-order valence-electron chi connectivity index (χ3n) is 4.54. The van der Waals surface area contributed by atoms with Crippen molar-refractivity contribution in [3.63, 3.8) is 0 Å². The topological polar surface area (TPSA) is 87.7 Å². The lowest BCUT2D eigenvalue weighted by Gasteiger charge is -2.28. The molecular weight excluding hydrogens is 364 g/mol. The van der Waals surface area contributed by atoms with Gasteiger partial charge in [-0.1, -0.05) is 12.1 Å². The summed E-state index contributed by atoms with van der Waals surface area (Å²) in [4.78, 5) is 22.3. The van der Waals surface area contributed by atoms with Crippen LogP contribution >= 0.6 is 11.8 Å². The third-order valence-corrected chi connectivity index (χ3v) is 5.86. The van der Waals surface area contributed by atoms with Crippen molar-refractivity contribution in [3.05, 3.63) is 58.7 Å². The van der Waals surface area contributed by atoms with Crippen LogP contribution in [0.3, 0.4) is 0 Å². The van der Waals surface area contributed by atoms with Crippen LogP contribution in [0.1, 0.15) is 33.5 Å². The van der Waals surface area contributed by atoms with Gasteiger partial charge in [-0.05, 0) is 54.8 Å². The molecule has 27 heavy (non-hydrogen) atoms. The number of aryl methyl sites for hydroxylation is 2. The van der Waals surface area contributed by atoms with Gasteiger partial charge in [-0.2, -0.15) is 0 Å². The number of carbonyl (C=O) groups excluding carboxylic acids is 1. The fraction of sp³-hybridized carbons (Fsp3) is 0.300. The fourth-order valence-electron chi connectivity index (χ4n) is 3.03. The fourth-order valence-corrected chi connectivity index (χ4v) is 4.21. The number of anilines is 2. The van der Waals surface area contributed by atoms with E-state index in [1.54, 1.807) is 18.2 Å². The van der Waals surface area contributed by atoms with E-state index >= 15 is 0 Å². The second-order valence-corrected chi connectivity index (χ2v) is 7.88. The lowest BCUT2D eigenvalue weighted by atomic mass is 10.1. The normalized spacial score (nSPS) is 14.0. The van der Waals surface area contributed by atoms with E-state index in [0.717, 1.165) is 28.1 Å². The minimum absolute atomic E-state index is 0.0961. The van der Waals surface area contributed by atoms with Gasteiger partial charge in [0, 0.05) is 5.75 Å². The van der Waals surface area contributed by atoms with Crippen molar-refractivity contribution in [2.45, 2.75) is 31.0 Å². The second kappa shape index (κ2) is 7.52. The summed E-state index contributed by atoms with van der Waals surface area (Å²) in [5.74, 6) is -0.756. The maximum Gasteiger partial charge on any atom is 0.337 e. The SMILES string of the molecule is COC(=O)c1cccc(CSC2(CC(=O)O)Nc3cc(C)c(C)cc3N2)c1. The van der Waals surface area contributed by atoms with E-state index in [-0.39, 0.29) is 6.42 Å². The first-order chi connectivity index (χ1) is 12.8. The summed E-state index contributed by atoms with van der Waals surface area (Å²) in [6.45, 7) is 4.06. The highest BCUT2D eigenvalue weighted by Gasteiger charge is 2.39. The Morgan fingerprint density at radius 1 is 1.11 bits per heavy atom. The van der Waals surface area contributed by atoms with E-state index in [1.165, 1.54) is 18.9 Å². The molecule has 7 heteroatoms. The lowest BCUT2D eigenvalue weighted by molar-refractivity contribution is -0.137. The van der Waals surface area contributed by atoms with Gasteiger partial charge in [-0.25, -0.2) is 4.79 Å². The first-order valence-corrected chi connectivity index (χ1v) is 9.51. The predicted octanol–water partition coefficient (Wildman–Crippen LogP) is 3.99. The number of rotatable bonds is 6. The Kier molecular flexibility index (Phi) is 5.32. The number of aliphatic carboxylic acids is 1. The number of methoxy groups -OCH3 is 1. The summed E-state index contributed by atoms with van der Waals surface area (Å²) in [5.41, 5.74) is 5.48. The summed E-state index contributed by atoms with van der Waals surface area (Å²) in [5, 5.41) is 16.1. The van der Waals surface area contributed by atoms with Gasteiger partial charge in [0.15, 0.2) is 4.99 Å². The van der Waals surface area contributed by atoms with Crippen LogP contribution < -0.4 is 10.6 Å². The van der Waals surface area contributed by atoms with Crippen molar-refractivity contribution in [1.29, 1.82) is 0 Å². The van der Waals surface area contributed by atoms with Crippen molar-refractivity contribution < 1.29 is 19.4 Å². The highest BCUT2D eigenvalue weighted by atomic mass is 32.2. The largest absolute Gasteiger partial charge is 0.481 e. The predicted molar refractivity (Wildman–Crippen MR) is 107 cm³/mol. The number of benzene rings is 2. The Balaban J connectivity index is 1.81. The number of esters is 1. The number of hydrogen-bond donors (Lipinski definition) is 3. The molecule has 2 aromatic carbocycles. The molecule has 142 valence electrons. The first kappa shape index (κ1) is 19.1. The van der Waals surface area contributed by atoms with Gasteiger partial charge < -0.3 is 20.5 Å². The summed E-state index contributed by atoms with van der Waals surface area (Å²) in [6, 6.07) is 11.2. The third kappa shape index (κ3) is 4.19. The van der Waals surface area contributed by atoms with E-state index in [0.29, 0.717) is 11.3 Å². The molecule has 0 saturated carbocycles. The molecule has 6 nitrogen and oxygen atoms in total. The number of carboxylic acid groups (broad SMARTS) is 1. The van der Waals surface area contributed by atoms with Crippen molar-refractivity contribution in [2.75, 3.05) is 17.7 Å². The molecule has 0 fully saturated rings. The maximum atomic E-state index is 11.7. The molecule has 0 saturated heterocycles. The Labute approximate surface area is 162 Å². The number of fused-ring (bicyclic) bond motifs is 1. The van der Waals surface area contributed by atoms with E-state index in [1.807, 2.05) is 32.0 Å². The first-order valence-electron chi connectivity index (χ1n) is 8.52. The zero-order valence-electron chi connectivity index (χ0n) is 15.5. The molecule has 1 aliphatic rings. The highest BCUT2D eigenvalue weighted by molar-refractivity contribution is 8.00. The number of nitrogens with one attached hydrogen (secondary N) is 2. The van der Waals surface area contributed by atoms with E-state index in [2.05, 4.69) is 10.6 Å². The molecule has 3 N–H and O–H groups in total. The number of ether oxygens (including phenoxy) is 1. The van der Waals surface area contributed by atoms with E-state index in [4.69, 9.17) is 4.74 Å². The number of thioether (sulfide) groups is 1. The zero-order chi connectivity index (χ0) is 19.6. The van der Waals surface area contributed by atoms with Crippen LogP contribution in [0, 0.1) is 13.8 Å². The Bertz CT molecular complexity index is 867. The van der Waals surface area contributed by atoms with Crippen LogP contribution in [0.5, 0.6) is 0 Å². The molecule has 2 aromatic rings. The molecule has 0 aromatic heterocycles. The average Bonchev–Trinajstić information content (AvgIpc) is 2.96. The van der Waals surface area contributed by atoms with Crippen LogP contribution in [-0.2, 0) is 15.3 Å². The van der Waals surface area contributed by atoms with Crippen LogP contribution in [0.25, 0.3) is 0 Å². The summed E-state index contributed by atoms with van der Waals surface area (Å²) < 4.78 is 4.76. The van der Waals surface area contributed by atoms with Gasteiger partial charge >= 0.3 is 11.9 Å². The Morgan fingerprint density at radius 2 is 1.74 bits per heavy atom. The van der Waals surface area contributed by atoms with Gasteiger partial charge in [0.1, 0.15) is 0 Å². The molecule has 1 heterocycles. The number of carboxylic acids is 1. The Hall–Kier alpha value is -2.67. The van der Waals surface area contributed by atoms with Crippen LogP contribution in [0.15, 0.2) is 36.4 Å². The zero-order valence-corrected chi connectivity index (χ0v) is 16.3. The molecule has 0 bridgehead atoms. The Morgan fingerprint density at radius 3 is 2.30 bits per heavy atom. The van der Waals surface area contributed by atoms with E-state index in [9.17, 15) is 14.7 Å². The van der Waals surface area contributed by atoms with Gasteiger partial charge in [0.05, 0.1) is 30.5 Å². The molecule has 0 radical (unpaired) electrons.